The van der Waals surface area contributed by atoms with E-state index in [1.165, 1.54) is 26.7 Å². The number of halogens is 1. The molecule has 0 N–H and O–H groups in total. The third-order valence-electron chi connectivity index (χ3n) is 5.74. The van der Waals surface area contributed by atoms with E-state index in [1.807, 2.05) is 23.9 Å². The van der Waals surface area contributed by atoms with Crippen LogP contribution < -0.4 is 14.4 Å². The van der Waals surface area contributed by atoms with Gasteiger partial charge in [-0.25, -0.2) is 0 Å². The van der Waals surface area contributed by atoms with Crippen LogP contribution in [0.2, 0.25) is 5.02 Å². The number of ether oxygens (including phenoxy) is 2. The van der Waals surface area contributed by atoms with E-state index in [0.717, 1.165) is 49.0 Å². The van der Waals surface area contributed by atoms with Gasteiger partial charge < -0.3 is 19.3 Å². The Kier molecular flexibility index (Phi) is 7.51. The summed E-state index contributed by atoms with van der Waals surface area (Å²) in [7, 11) is 5.53. The van der Waals surface area contributed by atoms with Crippen LogP contribution >= 0.6 is 23.4 Å². The molecular weight excluding hydrogens is 440 g/mol. The monoisotopic (exact) mass is 468 g/mol. The van der Waals surface area contributed by atoms with Crippen LogP contribution in [-0.4, -0.2) is 45.8 Å². The lowest BCUT2D eigenvalue weighted by Crippen LogP contribution is -2.28. The van der Waals surface area contributed by atoms with Crippen LogP contribution in [0.3, 0.4) is 0 Å². The molecule has 4 rings (SSSR count). The van der Waals surface area contributed by atoms with Gasteiger partial charge in [-0.15, -0.1) is 0 Å². The van der Waals surface area contributed by atoms with E-state index in [0.29, 0.717) is 0 Å². The molecule has 0 bridgehead atoms. The predicted molar refractivity (Wildman–Crippen MR) is 134 cm³/mol. The van der Waals surface area contributed by atoms with Crippen LogP contribution in [0.4, 0.5) is 11.4 Å². The third-order valence-corrected chi connectivity index (χ3v) is 7.10. The summed E-state index contributed by atoms with van der Waals surface area (Å²) in [5.74, 6) is 1.55. The average molecular weight is 469 g/mol. The maximum Gasteiger partial charge on any atom is 0.160 e. The van der Waals surface area contributed by atoms with E-state index in [2.05, 4.69) is 65.4 Å². The fraction of sp³-hybridized carbons (Fsp3) is 0.308. The van der Waals surface area contributed by atoms with Gasteiger partial charge >= 0.3 is 0 Å². The van der Waals surface area contributed by atoms with Crippen molar-refractivity contribution in [3.05, 3.63) is 71.2 Å². The number of hydrogen-bond acceptors (Lipinski definition) is 5. The number of anilines is 2. The van der Waals surface area contributed by atoms with Crippen molar-refractivity contribution in [2.24, 2.45) is 0 Å². The van der Waals surface area contributed by atoms with E-state index in [4.69, 9.17) is 21.1 Å². The number of nitrogens with zero attached hydrogens (tertiary/aromatic N) is 2. The molecule has 1 aliphatic heterocycles. The molecule has 0 saturated heterocycles. The Balaban J connectivity index is 1.36. The van der Waals surface area contributed by atoms with Crippen molar-refractivity contribution >= 4 is 34.7 Å². The Bertz CT molecular complexity index is 1080. The summed E-state index contributed by atoms with van der Waals surface area (Å²) < 4.78 is 10.8. The summed E-state index contributed by atoms with van der Waals surface area (Å²) in [6.45, 7) is 2.96. The van der Waals surface area contributed by atoms with Crippen molar-refractivity contribution in [3.8, 4) is 11.5 Å². The Labute approximate surface area is 200 Å². The van der Waals surface area contributed by atoms with E-state index >= 15 is 0 Å². The highest BCUT2D eigenvalue weighted by molar-refractivity contribution is 7.99. The highest BCUT2D eigenvalue weighted by Crippen LogP contribution is 2.48. The molecule has 0 aliphatic carbocycles. The Morgan fingerprint density at radius 2 is 1.66 bits per heavy atom. The van der Waals surface area contributed by atoms with Gasteiger partial charge in [-0.1, -0.05) is 41.6 Å². The quantitative estimate of drug-likeness (QED) is 0.355. The lowest BCUT2D eigenvalue weighted by atomic mass is 10.1. The Morgan fingerprint density at radius 3 is 2.47 bits per heavy atom. The first-order valence-electron chi connectivity index (χ1n) is 10.8. The summed E-state index contributed by atoms with van der Waals surface area (Å²) in [6.07, 6.45) is 2.03. The molecule has 0 saturated carbocycles. The predicted octanol–water partition coefficient (Wildman–Crippen LogP) is 6.52. The van der Waals surface area contributed by atoms with Crippen LogP contribution in [0.1, 0.15) is 12.0 Å². The van der Waals surface area contributed by atoms with E-state index < -0.39 is 0 Å². The zero-order valence-corrected chi connectivity index (χ0v) is 20.4. The van der Waals surface area contributed by atoms with Gasteiger partial charge in [0.2, 0.25) is 0 Å². The fourth-order valence-corrected chi connectivity index (χ4v) is 5.25. The van der Waals surface area contributed by atoms with Crippen LogP contribution in [-0.2, 0) is 6.42 Å². The van der Waals surface area contributed by atoms with Crippen molar-refractivity contribution in [2.75, 3.05) is 45.8 Å². The van der Waals surface area contributed by atoms with Gasteiger partial charge in [0.15, 0.2) is 11.5 Å². The second-order valence-corrected chi connectivity index (χ2v) is 9.45. The molecule has 3 aromatic rings. The molecule has 1 aliphatic rings. The molecule has 0 spiro atoms. The first kappa shape index (κ1) is 22.8. The Morgan fingerprint density at radius 1 is 0.875 bits per heavy atom. The molecule has 0 amide bonds. The molecule has 6 heteroatoms. The molecule has 0 fully saturated rings. The minimum Gasteiger partial charge on any atom is -0.493 e. The lowest BCUT2D eigenvalue weighted by Gasteiger charge is -2.33. The molecule has 0 aromatic heterocycles. The standard InChI is InChI=1S/C26H29ClN2O2S/c1-28(16-13-19-9-11-23(30-2)24(17-19)31-3)14-6-15-29-21-7-4-5-8-25(21)32-26-12-10-20(27)18-22(26)29/h4-5,7-12,17-18H,6,13-16H2,1-3H3. The summed E-state index contributed by atoms with van der Waals surface area (Å²) >= 11 is 8.15. The van der Waals surface area contributed by atoms with Gasteiger partial charge in [-0.3, -0.25) is 0 Å². The molecule has 0 atom stereocenters. The van der Waals surface area contributed by atoms with Crippen LogP contribution in [0.5, 0.6) is 11.5 Å². The first-order valence-corrected chi connectivity index (χ1v) is 12.0. The SMILES string of the molecule is COc1ccc(CCN(C)CCCN2c3ccccc3Sc3ccc(Cl)cc32)cc1OC. The first-order chi connectivity index (χ1) is 15.6. The van der Waals surface area contributed by atoms with Crippen molar-refractivity contribution in [1.29, 1.82) is 0 Å². The topological polar surface area (TPSA) is 24.9 Å². The lowest BCUT2D eigenvalue weighted by molar-refractivity contribution is 0.334. The van der Waals surface area contributed by atoms with Crippen molar-refractivity contribution in [3.63, 3.8) is 0 Å². The largest absolute Gasteiger partial charge is 0.493 e. The highest BCUT2D eigenvalue weighted by atomic mass is 35.5. The molecule has 168 valence electrons. The number of hydrogen-bond donors (Lipinski definition) is 0. The highest BCUT2D eigenvalue weighted by Gasteiger charge is 2.23. The average Bonchev–Trinajstić information content (AvgIpc) is 2.82. The number of rotatable bonds is 9. The molecule has 32 heavy (non-hydrogen) atoms. The number of likely N-dealkylation sites (N-methyl/N-ethyl adjacent to an activating group) is 1. The normalized spacial score (nSPS) is 12.5. The number of para-hydroxylation sites is 1. The maximum atomic E-state index is 6.33. The third kappa shape index (κ3) is 5.17. The minimum atomic E-state index is 0.768. The van der Waals surface area contributed by atoms with Crippen LogP contribution in [0, 0.1) is 0 Å². The Hall–Kier alpha value is -2.34. The second kappa shape index (κ2) is 10.5. The van der Waals surface area contributed by atoms with Crippen molar-refractivity contribution in [2.45, 2.75) is 22.6 Å². The van der Waals surface area contributed by atoms with E-state index in [1.54, 1.807) is 14.2 Å². The van der Waals surface area contributed by atoms with Gasteiger partial charge in [0.1, 0.15) is 0 Å². The van der Waals surface area contributed by atoms with Crippen LogP contribution in [0.15, 0.2) is 70.5 Å². The zero-order chi connectivity index (χ0) is 22.5. The van der Waals surface area contributed by atoms with E-state index in [9.17, 15) is 0 Å². The summed E-state index contributed by atoms with van der Waals surface area (Å²) in [5, 5.41) is 0.778. The van der Waals surface area contributed by atoms with Gasteiger partial charge in [0, 0.05) is 27.9 Å². The number of methoxy groups -OCH3 is 2. The second-order valence-electron chi connectivity index (χ2n) is 7.93. The van der Waals surface area contributed by atoms with Gasteiger partial charge in [0.05, 0.1) is 25.6 Å². The van der Waals surface area contributed by atoms with Crippen molar-refractivity contribution in [1.82, 2.24) is 4.90 Å². The fourth-order valence-electron chi connectivity index (χ4n) is 4.01. The number of benzene rings is 3. The van der Waals surface area contributed by atoms with Gasteiger partial charge in [-0.05, 0) is 74.5 Å². The smallest absolute Gasteiger partial charge is 0.160 e. The molecule has 0 unspecified atom stereocenters. The van der Waals surface area contributed by atoms with E-state index in [-0.39, 0.29) is 0 Å². The molecule has 0 radical (unpaired) electrons. The zero-order valence-electron chi connectivity index (χ0n) is 18.8. The molecular formula is C26H29ClN2O2S. The molecule has 4 nitrogen and oxygen atoms in total. The molecule has 1 heterocycles. The van der Waals surface area contributed by atoms with Crippen molar-refractivity contribution < 1.29 is 9.47 Å². The summed E-state index contributed by atoms with van der Waals surface area (Å²) in [4.78, 5) is 7.36. The maximum absolute atomic E-state index is 6.33. The van der Waals surface area contributed by atoms with Gasteiger partial charge in [-0.2, -0.15) is 0 Å². The van der Waals surface area contributed by atoms with Crippen LogP contribution in [0.25, 0.3) is 0 Å². The van der Waals surface area contributed by atoms with Gasteiger partial charge in [0.25, 0.3) is 0 Å². The summed E-state index contributed by atoms with van der Waals surface area (Å²) in [6, 6.07) is 20.9. The summed E-state index contributed by atoms with van der Waals surface area (Å²) in [5.41, 5.74) is 3.72. The minimum absolute atomic E-state index is 0.768. The molecule has 3 aromatic carbocycles. The number of fused-ring (bicyclic) bond motifs is 2.